The molecular formula is C46H63ClF3NO5. The fourth-order valence-electron chi connectivity index (χ4n) is 11.9. The van der Waals surface area contributed by atoms with Gasteiger partial charge in [-0.15, -0.1) is 12.4 Å². The topological polar surface area (TPSA) is 77.0 Å². The number of alkyl halides is 3. The highest BCUT2D eigenvalue weighted by Crippen LogP contribution is 2.69. The number of rotatable bonds is 7. The van der Waals surface area contributed by atoms with Crippen LogP contribution in [0.15, 0.2) is 66.2 Å². The standard InChI is InChI=1S/C27H42O3.C19H20F3NO2.ClH/c1-16-7-12-27(29-15-16)17(2)24-23(30-27)14-22-20-6-5-18-13-19(28)8-10-25(18,3)21(20)9-11-26(22,24)4;1-14(12-15-6-5-9-17(13-15)19(20,21)22)23-10-11-25-18(24)16-7-3-2-4-8-16;/h9,16-20,22-24,28H,5-8,10-15H2,1-4H3;2-9,13-14,23H,10-12H2,1H3;1H. The molecule has 8 rings (SSSR count). The lowest BCUT2D eigenvalue weighted by atomic mass is 9.48. The first-order valence-corrected chi connectivity index (χ1v) is 20.9. The maximum absolute atomic E-state index is 12.7. The Hall–Kier alpha value is -2.43. The fourth-order valence-corrected chi connectivity index (χ4v) is 11.9. The molecule has 2 aromatic carbocycles. The van der Waals surface area contributed by atoms with E-state index in [4.69, 9.17) is 14.2 Å². The largest absolute Gasteiger partial charge is 0.461 e. The van der Waals surface area contributed by atoms with Crippen molar-refractivity contribution in [2.24, 2.45) is 46.3 Å². The number of hydrogen-bond acceptors (Lipinski definition) is 6. The Morgan fingerprint density at radius 3 is 2.50 bits per heavy atom. The number of aliphatic hydroxyl groups excluding tert-OH is 1. The van der Waals surface area contributed by atoms with Crippen LogP contribution in [-0.2, 0) is 26.8 Å². The molecule has 5 fully saturated rings. The SMILES string of the molecule is CC(Cc1cccc(C(F)(F)F)c1)NCCOC(=O)c1ccccc1.CC1CCC2(OC1)OC1CC3C4CCC5CC(O)CCC5(C)C4=CCC3(C)C1C2C.Cl. The zero-order valence-electron chi connectivity index (χ0n) is 33.8. The summed E-state index contributed by atoms with van der Waals surface area (Å²) in [6.45, 7) is 13.2. The van der Waals surface area contributed by atoms with E-state index in [1.165, 1.54) is 44.6 Å². The number of carbonyl (C=O) groups is 1. The van der Waals surface area contributed by atoms with Crippen LogP contribution in [-0.4, -0.2) is 54.9 Å². The van der Waals surface area contributed by atoms with E-state index >= 15 is 0 Å². The number of nitrogens with one attached hydrogen (secondary N) is 1. The van der Waals surface area contributed by atoms with Crippen molar-refractivity contribution in [2.45, 2.75) is 129 Å². The van der Waals surface area contributed by atoms with E-state index in [-0.39, 0.29) is 36.9 Å². The van der Waals surface area contributed by atoms with E-state index in [0.717, 1.165) is 49.8 Å². The molecule has 0 aromatic heterocycles. The molecule has 2 heterocycles. The maximum Gasteiger partial charge on any atom is 0.416 e. The van der Waals surface area contributed by atoms with E-state index in [2.05, 4.69) is 39.1 Å². The molecule has 12 unspecified atom stereocenters. The number of ether oxygens (including phenoxy) is 3. The van der Waals surface area contributed by atoms with Gasteiger partial charge < -0.3 is 24.6 Å². The Bertz CT molecular complexity index is 1680. The average Bonchev–Trinajstić information content (AvgIpc) is 3.61. The van der Waals surface area contributed by atoms with E-state index in [1.54, 1.807) is 35.9 Å². The van der Waals surface area contributed by atoms with Gasteiger partial charge in [-0.3, -0.25) is 0 Å². The van der Waals surface area contributed by atoms with Gasteiger partial charge in [0.2, 0.25) is 0 Å². The third-order valence-electron chi connectivity index (χ3n) is 14.9. The number of allylic oxidation sites excluding steroid dienone is 2. The lowest BCUT2D eigenvalue weighted by Gasteiger charge is -2.57. The summed E-state index contributed by atoms with van der Waals surface area (Å²) in [4.78, 5) is 11.8. The molecule has 2 aromatic rings. The molecule has 2 N–H and O–H groups in total. The van der Waals surface area contributed by atoms with Gasteiger partial charge in [-0.25, -0.2) is 4.79 Å². The van der Waals surface area contributed by atoms with Crippen molar-refractivity contribution in [1.29, 1.82) is 0 Å². The monoisotopic (exact) mass is 801 g/mol. The van der Waals surface area contributed by atoms with Gasteiger partial charge in [-0.05, 0) is 129 Å². The first-order chi connectivity index (χ1) is 26.1. The van der Waals surface area contributed by atoms with Crippen molar-refractivity contribution in [3.05, 3.63) is 82.9 Å². The predicted molar refractivity (Wildman–Crippen MR) is 214 cm³/mol. The number of fused-ring (bicyclic) bond motifs is 7. The Kier molecular flexibility index (Phi) is 13.1. The molecule has 0 radical (unpaired) electrons. The number of hydrogen-bond donors (Lipinski definition) is 2. The van der Waals surface area contributed by atoms with Crippen molar-refractivity contribution in [3.8, 4) is 0 Å². The summed E-state index contributed by atoms with van der Waals surface area (Å²) in [5.41, 5.74) is 2.91. The van der Waals surface area contributed by atoms with Crippen molar-refractivity contribution in [3.63, 3.8) is 0 Å². The number of benzene rings is 2. The molecule has 6 aliphatic rings. The van der Waals surface area contributed by atoms with Crippen LogP contribution in [0.25, 0.3) is 0 Å². The molecule has 0 amide bonds. The third kappa shape index (κ3) is 8.50. The van der Waals surface area contributed by atoms with Gasteiger partial charge in [0.25, 0.3) is 0 Å². The van der Waals surface area contributed by atoms with Crippen LogP contribution in [0.3, 0.4) is 0 Å². The molecule has 2 saturated heterocycles. The molecule has 56 heavy (non-hydrogen) atoms. The summed E-state index contributed by atoms with van der Waals surface area (Å²) in [5.74, 6) is 3.29. The van der Waals surface area contributed by atoms with Crippen molar-refractivity contribution < 1.29 is 37.3 Å². The highest BCUT2D eigenvalue weighted by molar-refractivity contribution is 5.89. The van der Waals surface area contributed by atoms with Gasteiger partial charge in [-0.1, -0.05) is 75.7 Å². The Morgan fingerprint density at radius 1 is 1.02 bits per heavy atom. The number of aliphatic hydroxyl groups is 1. The van der Waals surface area contributed by atoms with E-state index in [1.807, 2.05) is 13.0 Å². The summed E-state index contributed by atoms with van der Waals surface area (Å²) in [6.07, 6.45) is 9.71. The summed E-state index contributed by atoms with van der Waals surface area (Å²) in [5, 5.41) is 13.4. The highest BCUT2D eigenvalue weighted by atomic mass is 35.5. The molecule has 1 spiro atoms. The first-order valence-electron chi connectivity index (χ1n) is 20.9. The zero-order valence-corrected chi connectivity index (χ0v) is 34.6. The molecule has 10 heteroatoms. The lowest BCUT2D eigenvalue weighted by Crippen LogP contribution is -2.50. The molecule has 0 bridgehead atoms. The van der Waals surface area contributed by atoms with E-state index in [0.29, 0.717) is 64.7 Å². The first kappa shape index (κ1) is 43.2. The fraction of sp³-hybridized carbons (Fsp3) is 0.674. The van der Waals surface area contributed by atoms with Crippen LogP contribution < -0.4 is 5.32 Å². The molecular weight excluding hydrogens is 739 g/mol. The van der Waals surface area contributed by atoms with Crippen LogP contribution in [0.5, 0.6) is 0 Å². The normalized spacial score (nSPS) is 37.7. The van der Waals surface area contributed by atoms with E-state index in [9.17, 15) is 23.1 Å². The van der Waals surface area contributed by atoms with Crippen LogP contribution in [0.2, 0.25) is 0 Å². The quantitative estimate of drug-likeness (QED) is 0.165. The van der Waals surface area contributed by atoms with Crippen LogP contribution >= 0.6 is 12.4 Å². The zero-order chi connectivity index (χ0) is 39.2. The molecule has 12 atom stereocenters. The van der Waals surface area contributed by atoms with Gasteiger partial charge in [0, 0.05) is 24.9 Å². The summed E-state index contributed by atoms with van der Waals surface area (Å²) < 4.78 is 56.6. The average molecular weight is 802 g/mol. The summed E-state index contributed by atoms with van der Waals surface area (Å²) >= 11 is 0. The number of esters is 1. The predicted octanol–water partition coefficient (Wildman–Crippen LogP) is 10.2. The van der Waals surface area contributed by atoms with Gasteiger partial charge >= 0.3 is 12.1 Å². The Balaban J connectivity index is 0.000000190. The van der Waals surface area contributed by atoms with Crippen molar-refractivity contribution in [1.82, 2.24) is 5.32 Å². The molecule has 2 aliphatic heterocycles. The van der Waals surface area contributed by atoms with Gasteiger partial charge in [0.05, 0.1) is 29.9 Å². The lowest BCUT2D eigenvalue weighted by molar-refractivity contribution is -0.272. The minimum absolute atomic E-state index is 0. The summed E-state index contributed by atoms with van der Waals surface area (Å²) in [6, 6.07) is 13.9. The minimum atomic E-state index is -4.34. The number of halogens is 4. The van der Waals surface area contributed by atoms with Crippen molar-refractivity contribution in [2.75, 3.05) is 19.8 Å². The summed E-state index contributed by atoms with van der Waals surface area (Å²) in [7, 11) is 0. The molecule has 6 nitrogen and oxygen atoms in total. The number of carbonyl (C=O) groups excluding carboxylic acids is 1. The molecule has 4 aliphatic carbocycles. The van der Waals surface area contributed by atoms with Crippen LogP contribution in [0.1, 0.15) is 114 Å². The third-order valence-corrected chi connectivity index (χ3v) is 14.9. The minimum Gasteiger partial charge on any atom is -0.461 e. The van der Waals surface area contributed by atoms with Crippen molar-refractivity contribution >= 4 is 18.4 Å². The van der Waals surface area contributed by atoms with Crippen LogP contribution in [0.4, 0.5) is 13.2 Å². The molecule has 3 saturated carbocycles. The second-order valence-electron chi connectivity index (χ2n) is 18.4. The van der Waals surface area contributed by atoms with Gasteiger partial charge in [0.15, 0.2) is 5.79 Å². The smallest absolute Gasteiger partial charge is 0.416 e. The Morgan fingerprint density at radius 2 is 1.79 bits per heavy atom. The second kappa shape index (κ2) is 17.0. The van der Waals surface area contributed by atoms with Gasteiger partial charge in [-0.2, -0.15) is 13.2 Å². The highest BCUT2D eigenvalue weighted by Gasteiger charge is 2.67. The second-order valence-corrected chi connectivity index (χ2v) is 18.4. The Labute approximate surface area is 338 Å². The van der Waals surface area contributed by atoms with E-state index < -0.39 is 17.7 Å². The van der Waals surface area contributed by atoms with Gasteiger partial charge in [0.1, 0.15) is 6.61 Å². The van der Waals surface area contributed by atoms with Crippen LogP contribution in [0, 0.1) is 46.3 Å². The maximum atomic E-state index is 12.7. The molecule has 310 valence electrons.